The third-order valence-corrected chi connectivity index (χ3v) is 3.90. The van der Waals surface area contributed by atoms with E-state index >= 15 is 0 Å². The van der Waals surface area contributed by atoms with E-state index < -0.39 is 17.5 Å². The third-order valence-electron chi connectivity index (χ3n) is 3.90. The Morgan fingerprint density at radius 1 is 1.40 bits per heavy atom. The lowest BCUT2D eigenvalue weighted by Crippen LogP contribution is -2.41. The van der Waals surface area contributed by atoms with Crippen LogP contribution in [-0.4, -0.2) is 53.8 Å². The van der Waals surface area contributed by atoms with E-state index in [9.17, 15) is 14.7 Å². The number of hydrogen-bond donors (Lipinski definition) is 2. The van der Waals surface area contributed by atoms with Crippen molar-refractivity contribution >= 4 is 24.5 Å². The second-order valence-electron chi connectivity index (χ2n) is 6.54. The van der Waals surface area contributed by atoms with E-state index in [1.54, 1.807) is 4.90 Å². The molecule has 6 nitrogen and oxygen atoms in total. The Kier molecular flexibility index (Phi) is 4.92. The number of likely N-dealkylation sites (tertiary alicyclic amines) is 1. The summed E-state index contributed by atoms with van der Waals surface area (Å²) in [4.78, 5) is 24.9. The van der Waals surface area contributed by atoms with Gasteiger partial charge in [-0.25, -0.2) is 4.79 Å². The van der Waals surface area contributed by atoms with Crippen LogP contribution in [0.25, 0.3) is 0 Å². The van der Waals surface area contributed by atoms with Crippen LogP contribution in [0.2, 0.25) is 0 Å². The molecule has 7 heteroatoms. The average molecular weight is 307 g/mol. The monoisotopic (exact) mass is 306 g/mol. The molecule has 1 amide bonds. The highest BCUT2D eigenvalue weighted by Crippen LogP contribution is 2.41. The van der Waals surface area contributed by atoms with E-state index in [4.69, 9.17) is 4.74 Å². The number of carboxylic acid groups (broad SMARTS) is 1. The van der Waals surface area contributed by atoms with Crippen molar-refractivity contribution in [3.8, 4) is 0 Å². The van der Waals surface area contributed by atoms with Gasteiger partial charge < -0.3 is 20.1 Å². The number of halogens is 1. The fourth-order valence-corrected chi connectivity index (χ4v) is 2.96. The van der Waals surface area contributed by atoms with E-state index in [1.807, 2.05) is 20.8 Å². The molecular formula is C13H23ClN2O4. The Balaban J connectivity index is 0.00000200. The number of carboxylic acids is 1. The number of aliphatic carboxylic acids is 1. The summed E-state index contributed by atoms with van der Waals surface area (Å²) < 4.78 is 5.34. The second-order valence-corrected chi connectivity index (χ2v) is 6.54. The van der Waals surface area contributed by atoms with Crippen LogP contribution in [-0.2, 0) is 9.53 Å². The number of carbonyl (C=O) groups is 2. The van der Waals surface area contributed by atoms with Gasteiger partial charge in [0.15, 0.2) is 0 Å². The van der Waals surface area contributed by atoms with Crippen molar-refractivity contribution < 1.29 is 19.4 Å². The molecule has 0 aliphatic carbocycles. The van der Waals surface area contributed by atoms with E-state index in [-0.39, 0.29) is 23.9 Å². The zero-order valence-corrected chi connectivity index (χ0v) is 13.0. The van der Waals surface area contributed by atoms with Gasteiger partial charge in [-0.15, -0.1) is 12.4 Å². The van der Waals surface area contributed by atoms with Crippen LogP contribution >= 0.6 is 12.4 Å². The van der Waals surface area contributed by atoms with E-state index in [0.29, 0.717) is 26.2 Å². The predicted molar refractivity (Wildman–Crippen MR) is 76.1 cm³/mol. The quantitative estimate of drug-likeness (QED) is 0.764. The molecule has 20 heavy (non-hydrogen) atoms. The molecule has 0 radical (unpaired) electrons. The summed E-state index contributed by atoms with van der Waals surface area (Å²) in [5.74, 6) is -1.20. The van der Waals surface area contributed by atoms with Crippen LogP contribution < -0.4 is 5.32 Å². The number of hydrogen-bond acceptors (Lipinski definition) is 4. The Morgan fingerprint density at radius 3 is 2.60 bits per heavy atom. The van der Waals surface area contributed by atoms with Gasteiger partial charge in [-0.1, -0.05) is 0 Å². The van der Waals surface area contributed by atoms with Crippen molar-refractivity contribution in [3.63, 3.8) is 0 Å². The van der Waals surface area contributed by atoms with Crippen molar-refractivity contribution in [3.05, 3.63) is 0 Å². The van der Waals surface area contributed by atoms with E-state index in [0.717, 1.165) is 6.42 Å². The Hall–Kier alpha value is -1.01. The van der Waals surface area contributed by atoms with Crippen LogP contribution in [0.15, 0.2) is 0 Å². The largest absolute Gasteiger partial charge is 0.481 e. The molecular weight excluding hydrogens is 284 g/mol. The van der Waals surface area contributed by atoms with Gasteiger partial charge in [0.2, 0.25) is 0 Å². The maximum absolute atomic E-state index is 12.0. The van der Waals surface area contributed by atoms with Gasteiger partial charge in [-0.2, -0.15) is 0 Å². The number of carbonyl (C=O) groups excluding carboxylic acids is 1. The van der Waals surface area contributed by atoms with E-state index in [1.165, 1.54) is 0 Å². The summed E-state index contributed by atoms with van der Waals surface area (Å²) in [5.41, 5.74) is -0.851. The summed E-state index contributed by atoms with van der Waals surface area (Å²) in [6, 6.07) is 0. The molecule has 2 heterocycles. The number of rotatable bonds is 1. The fraction of sp³-hybridized carbons (Fsp3) is 0.846. The summed E-state index contributed by atoms with van der Waals surface area (Å²) in [6.07, 6.45) is 0.372. The van der Waals surface area contributed by atoms with Crippen LogP contribution in [0, 0.1) is 11.3 Å². The number of nitrogens with one attached hydrogen (secondary N) is 1. The van der Waals surface area contributed by atoms with Gasteiger partial charge in [0.25, 0.3) is 0 Å². The fourth-order valence-electron chi connectivity index (χ4n) is 2.96. The molecule has 2 unspecified atom stereocenters. The molecule has 2 aliphatic rings. The summed E-state index contributed by atoms with van der Waals surface area (Å²) in [7, 11) is 0. The minimum Gasteiger partial charge on any atom is -0.481 e. The zero-order valence-electron chi connectivity index (χ0n) is 12.1. The average Bonchev–Trinajstić information content (AvgIpc) is 2.84. The highest BCUT2D eigenvalue weighted by atomic mass is 35.5. The smallest absolute Gasteiger partial charge is 0.410 e. The van der Waals surface area contributed by atoms with Crippen molar-refractivity contribution in [2.75, 3.05) is 26.2 Å². The van der Waals surface area contributed by atoms with Gasteiger partial charge in [-0.05, 0) is 27.2 Å². The standard InChI is InChI=1S/C13H22N2O4.ClH/c1-12(2,3)19-11(18)15-5-4-13(8-15)7-14-6-9(13)10(16)17;/h9,14H,4-8H2,1-3H3,(H,16,17);1H. The minimum absolute atomic E-state index is 0. The Morgan fingerprint density at radius 2 is 2.05 bits per heavy atom. The van der Waals surface area contributed by atoms with Gasteiger partial charge in [0.1, 0.15) is 5.60 Å². The first-order valence-electron chi connectivity index (χ1n) is 6.65. The molecule has 0 aromatic rings. The SMILES string of the molecule is CC(C)(C)OC(=O)N1CCC2(CNCC2C(=O)O)C1.Cl. The van der Waals surface area contributed by atoms with Crippen molar-refractivity contribution in [1.82, 2.24) is 10.2 Å². The molecule has 2 aliphatic heterocycles. The van der Waals surface area contributed by atoms with Crippen molar-refractivity contribution in [2.24, 2.45) is 11.3 Å². The molecule has 0 aromatic heterocycles. The van der Waals surface area contributed by atoms with Crippen LogP contribution in [0.4, 0.5) is 4.79 Å². The predicted octanol–water partition coefficient (Wildman–Crippen LogP) is 1.34. The molecule has 2 atom stereocenters. The minimum atomic E-state index is -0.781. The first-order chi connectivity index (χ1) is 8.73. The molecule has 116 valence electrons. The molecule has 0 aromatic carbocycles. The number of amides is 1. The molecule has 2 fully saturated rings. The van der Waals surface area contributed by atoms with Crippen LogP contribution in [0.3, 0.4) is 0 Å². The molecule has 2 N–H and O–H groups in total. The van der Waals surface area contributed by atoms with Gasteiger partial charge in [0.05, 0.1) is 5.92 Å². The Labute approximate surface area is 125 Å². The molecule has 2 rings (SSSR count). The first-order valence-corrected chi connectivity index (χ1v) is 6.65. The topological polar surface area (TPSA) is 78.9 Å². The lowest BCUT2D eigenvalue weighted by atomic mass is 9.77. The zero-order chi connectivity index (χ0) is 14.3. The van der Waals surface area contributed by atoms with Crippen LogP contribution in [0.5, 0.6) is 0 Å². The maximum atomic E-state index is 12.0. The third kappa shape index (κ3) is 3.35. The normalized spacial score (nSPS) is 29.4. The van der Waals surface area contributed by atoms with Gasteiger partial charge in [-0.3, -0.25) is 4.79 Å². The summed E-state index contributed by atoms with van der Waals surface area (Å²) in [6.45, 7) is 7.66. The van der Waals surface area contributed by atoms with Gasteiger partial charge >= 0.3 is 12.1 Å². The van der Waals surface area contributed by atoms with Crippen LogP contribution in [0.1, 0.15) is 27.2 Å². The summed E-state index contributed by atoms with van der Waals surface area (Å²) >= 11 is 0. The van der Waals surface area contributed by atoms with Gasteiger partial charge in [0, 0.05) is 31.6 Å². The molecule has 0 saturated carbocycles. The first kappa shape index (κ1) is 17.0. The van der Waals surface area contributed by atoms with Crippen molar-refractivity contribution in [2.45, 2.75) is 32.8 Å². The maximum Gasteiger partial charge on any atom is 0.410 e. The Bertz CT molecular complexity index is 396. The lowest BCUT2D eigenvalue weighted by Gasteiger charge is -2.28. The summed E-state index contributed by atoms with van der Waals surface area (Å²) in [5, 5.41) is 12.4. The lowest BCUT2D eigenvalue weighted by molar-refractivity contribution is -0.144. The number of nitrogens with zero attached hydrogens (tertiary/aromatic N) is 1. The highest BCUT2D eigenvalue weighted by molar-refractivity contribution is 5.85. The molecule has 0 bridgehead atoms. The second kappa shape index (κ2) is 5.77. The van der Waals surface area contributed by atoms with E-state index in [2.05, 4.69) is 5.32 Å². The highest BCUT2D eigenvalue weighted by Gasteiger charge is 2.52. The molecule has 2 saturated heterocycles. The van der Waals surface area contributed by atoms with Crippen molar-refractivity contribution in [1.29, 1.82) is 0 Å². The number of ether oxygens (including phenoxy) is 1. The molecule has 1 spiro atoms.